The number of hydrogen-bond donors (Lipinski definition) is 0. The number of esters is 1. The Hall–Kier alpha value is -4.92. The molecule has 0 unspecified atom stereocenters. The minimum atomic E-state index is -0.515. The van der Waals surface area contributed by atoms with Gasteiger partial charge in [0.05, 0.1) is 38.3 Å². The summed E-state index contributed by atoms with van der Waals surface area (Å²) in [4.78, 5) is 43.8. The molecule has 2 aromatic heterocycles. The first-order valence-electron chi connectivity index (χ1n) is 11.6. The largest absolute Gasteiger partial charge is 0.495 e. The van der Waals surface area contributed by atoms with E-state index in [4.69, 9.17) is 9.47 Å². The number of nitrogens with zero attached hydrogens (tertiary/aromatic N) is 4. The second kappa shape index (κ2) is 9.98. The van der Waals surface area contributed by atoms with E-state index >= 15 is 0 Å². The molecule has 0 aliphatic heterocycles. The molecule has 0 atom stereocenters. The van der Waals surface area contributed by atoms with Gasteiger partial charge in [0, 0.05) is 6.54 Å². The van der Waals surface area contributed by atoms with Crippen molar-refractivity contribution < 1.29 is 14.3 Å². The molecule has 2 heterocycles. The van der Waals surface area contributed by atoms with Crippen LogP contribution in [0.2, 0.25) is 0 Å². The molecule has 0 aliphatic carbocycles. The Morgan fingerprint density at radius 3 is 2.22 bits per heavy atom. The Morgan fingerprint density at radius 2 is 1.51 bits per heavy atom. The van der Waals surface area contributed by atoms with E-state index in [9.17, 15) is 14.4 Å². The Morgan fingerprint density at radius 1 is 0.838 bits per heavy atom. The van der Waals surface area contributed by atoms with Gasteiger partial charge in [-0.05, 0) is 35.4 Å². The van der Waals surface area contributed by atoms with Gasteiger partial charge in [-0.15, -0.1) is 0 Å². The molecule has 0 saturated heterocycles. The Bertz CT molecular complexity index is 1700. The SMILES string of the molecule is COC(=O)c1ccc(Cn2cnc3c2c(=O)n(Cc2ccccc2)c(=O)n3-c2ccccc2OC)cc1. The molecule has 0 saturated carbocycles. The zero-order valence-corrected chi connectivity index (χ0v) is 20.3. The van der Waals surface area contributed by atoms with Crippen LogP contribution in [0.5, 0.6) is 5.75 Å². The minimum absolute atomic E-state index is 0.0998. The molecule has 0 bridgehead atoms. The number of benzene rings is 3. The first-order chi connectivity index (χ1) is 18.0. The smallest absolute Gasteiger partial charge is 0.337 e. The van der Waals surface area contributed by atoms with Crippen LogP contribution < -0.4 is 16.0 Å². The number of methoxy groups -OCH3 is 2. The summed E-state index contributed by atoms with van der Waals surface area (Å²) >= 11 is 0. The van der Waals surface area contributed by atoms with Crippen molar-refractivity contribution in [2.75, 3.05) is 14.2 Å². The second-order valence-corrected chi connectivity index (χ2v) is 8.40. The van der Waals surface area contributed by atoms with Gasteiger partial charge in [0.15, 0.2) is 11.2 Å². The van der Waals surface area contributed by atoms with Gasteiger partial charge in [-0.3, -0.25) is 9.36 Å². The highest BCUT2D eigenvalue weighted by Crippen LogP contribution is 2.23. The van der Waals surface area contributed by atoms with Crippen LogP contribution in [0.3, 0.4) is 0 Å². The summed E-state index contributed by atoms with van der Waals surface area (Å²) in [5.41, 5.74) is 2.12. The molecule has 9 nitrogen and oxygen atoms in total. The van der Waals surface area contributed by atoms with E-state index in [1.165, 1.54) is 23.4 Å². The highest BCUT2D eigenvalue weighted by Gasteiger charge is 2.21. The number of imidazole rings is 1. The number of para-hydroxylation sites is 2. The zero-order chi connectivity index (χ0) is 25.9. The van der Waals surface area contributed by atoms with E-state index in [1.54, 1.807) is 59.4 Å². The predicted octanol–water partition coefficient (Wildman–Crippen LogP) is 3.24. The van der Waals surface area contributed by atoms with E-state index in [2.05, 4.69) is 4.98 Å². The van der Waals surface area contributed by atoms with Gasteiger partial charge in [-0.1, -0.05) is 54.6 Å². The van der Waals surface area contributed by atoms with Crippen molar-refractivity contribution in [3.63, 3.8) is 0 Å². The number of carbonyl (C=O) groups excluding carboxylic acids is 1. The van der Waals surface area contributed by atoms with Crippen molar-refractivity contribution in [1.82, 2.24) is 18.7 Å². The molecule has 0 spiro atoms. The fraction of sp³-hybridized carbons (Fsp3) is 0.143. The van der Waals surface area contributed by atoms with Crippen LogP contribution in [-0.4, -0.2) is 38.9 Å². The molecule has 37 heavy (non-hydrogen) atoms. The summed E-state index contributed by atoms with van der Waals surface area (Å²) in [5, 5.41) is 0. The number of carbonyl (C=O) groups is 1. The average molecular weight is 497 g/mol. The fourth-order valence-corrected chi connectivity index (χ4v) is 4.30. The van der Waals surface area contributed by atoms with Gasteiger partial charge in [0.25, 0.3) is 5.56 Å². The second-order valence-electron chi connectivity index (χ2n) is 8.40. The molecular formula is C28H24N4O5. The Kier molecular flexibility index (Phi) is 6.42. The fourth-order valence-electron chi connectivity index (χ4n) is 4.30. The third kappa shape index (κ3) is 4.42. The number of ether oxygens (including phenoxy) is 2. The van der Waals surface area contributed by atoms with Crippen LogP contribution in [0.25, 0.3) is 16.9 Å². The maximum Gasteiger partial charge on any atom is 0.337 e. The molecule has 0 N–H and O–H groups in total. The maximum absolute atomic E-state index is 13.8. The molecule has 0 amide bonds. The third-order valence-electron chi connectivity index (χ3n) is 6.14. The standard InChI is InChI=1S/C28H24N4O5/c1-36-23-11-7-6-10-22(23)32-25-24(26(33)31(28(32)35)17-19-8-4-3-5-9-19)30(18-29-25)16-20-12-14-21(15-13-20)27(34)37-2/h3-15,18H,16-17H2,1-2H3. The summed E-state index contributed by atoms with van der Waals surface area (Å²) in [5.74, 6) is 0.0491. The Labute approximate surface area is 211 Å². The lowest BCUT2D eigenvalue weighted by atomic mass is 10.1. The number of rotatable bonds is 7. The summed E-state index contributed by atoms with van der Waals surface area (Å²) in [6.45, 7) is 0.408. The summed E-state index contributed by atoms with van der Waals surface area (Å²) in [6.07, 6.45) is 1.54. The van der Waals surface area contributed by atoms with Gasteiger partial charge >= 0.3 is 11.7 Å². The molecule has 3 aromatic carbocycles. The van der Waals surface area contributed by atoms with Crippen molar-refractivity contribution in [3.05, 3.63) is 123 Å². The van der Waals surface area contributed by atoms with Gasteiger partial charge in [0.2, 0.25) is 0 Å². The van der Waals surface area contributed by atoms with E-state index in [1.807, 2.05) is 30.3 Å². The highest BCUT2D eigenvalue weighted by atomic mass is 16.5. The summed E-state index contributed by atoms with van der Waals surface area (Å²) in [7, 11) is 2.85. The van der Waals surface area contributed by atoms with E-state index in [0.29, 0.717) is 23.5 Å². The van der Waals surface area contributed by atoms with Gasteiger partial charge in [-0.2, -0.15) is 0 Å². The zero-order valence-electron chi connectivity index (χ0n) is 20.3. The van der Waals surface area contributed by atoms with Crippen LogP contribution in [0.4, 0.5) is 0 Å². The van der Waals surface area contributed by atoms with Crippen LogP contribution >= 0.6 is 0 Å². The van der Waals surface area contributed by atoms with Crippen LogP contribution in [0, 0.1) is 0 Å². The lowest BCUT2D eigenvalue weighted by Gasteiger charge is -2.15. The first-order valence-corrected chi connectivity index (χ1v) is 11.6. The third-order valence-corrected chi connectivity index (χ3v) is 6.14. The number of fused-ring (bicyclic) bond motifs is 1. The molecule has 5 aromatic rings. The topological polar surface area (TPSA) is 97.4 Å². The van der Waals surface area contributed by atoms with Crippen molar-refractivity contribution in [2.24, 2.45) is 0 Å². The highest BCUT2D eigenvalue weighted by molar-refractivity contribution is 5.89. The molecule has 5 rings (SSSR count). The number of hydrogen-bond acceptors (Lipinski definition) is 6. The minimum Gasteiger partial charge on any atom is -0.495 e. The van der Waals surface area contributed by atoms with E-state index < -0.39 is 17.2 Å². The van der Waals surface area contributed by atoms with Gasteiger partial charge in [0.1, 0.15) is 5.75 Å². The molecular weight excluding hydrogens is 472 g/mol. The van der Waals surface area contributed by atoms with Gasteiger partial charge < -0.3 is 14.0 Å². The average Bonchev–Trinajstić information content (AvgIpc) is 3.35. The van der Waals surface area contributed by atoms with Crippen LogP contribution in [0.1, 0.15) is 21.5 Å². The normalized spacial score (nSPS) is 11.0. The molecule has 0 aliphatic rings. The van der Waals surface area contributed by atoms with Crippen molar-refractivity contribution in [3.8, 4) is 11.4 Å². The van der Waals surface area contributed by atoms with Crippen molar-refractivity contribution in [2.45, 2.75) is 13.1 Å². The van der Waals surface area contributed by atoms with Crippen LogP contribution in [-0.2, 0) is 17.8 Å². The number of aromatic nitrogens is 4. The molecule has 186 valence electrons. The van der Waals surface area contributed by atoms with E-state index in [0.717, 1.165) is 11.1 Å². The predicted molar refractivity (Wildman–Crippen MR) is 139 cm³/mol. The van der Waals surface area contributed by atoms with Crippen molar-refractivity contribution >= 4 is 17.1 Å². The first kappa shape index (κ1) is 23.8. The molecule has 0 radical (unpaired) electrons. The van der Waals surface area contributed by atoms with Crippen molar-refractivity contribution in [1.29, 1.82) is 0 Å². The molecule has 0 fully saturated rings. The monoisotopic (exact) mass is 496 g/mol. The summed E-state index contributed by atoms with van der Waals surface area (Å²) in [6, 6.07) is 23.3. The van der Waals surface area contributed by atoms with Gasteiger partial charge in [-0.25, -0.2) is 19.1 Å². The molecule has 9 heteroatoms. The maximum atomic E-state index is 13.8. The quantitative estimate of drug-likeness (QED) is 0.321. The lowest BCUT2D eigenvalue weighted by Crippen LogP contribution is -2.40. The lowest BCUT2D eigenvalue weighted by molar-refractivity contribution is 0.0600. The Balaban J connectivity index is 1.70. The summed E-state index contributed by atoms with van der Waals surface area (Å²) < 4.78 is 14.6. The van der Waals surface area contributed by atoms with Crippen LogP contribution in [0.15, 0.2) is 94.8 Å². The van der Waals surface area contributed by atoms with E-state index in [-0.39, 0.29) is 17.7 Å².